The topological polar surface area (TPSA) is 39.2 Å². The molecule has 1 heterocycles. The van der Waals surface area contributed by atoms with Crippen molar-refractivity contribution >= 4 is 5.78 Å². The number of ketones is 1. The fourth-order valence-electron chi connectivity index (χ4n) is 1.44. The first kappa shape index (κ1) is 14.7. The van der Waals surface area contributed by atoms with Crippen LogP contribution >= 0.6 is 0 Å². The molecule has 0 aliphatic rings. The average Bonchev–Trinajstić information content (AvgIpc) is 2.87. The summed E-state index contributed by atoms with van der Waals surface area (Å²) in [6, 6.07) is 10.5. The lowest BCUT2D eigenvalue weighted by Crippen LogP contribution is -1.99. The van der Waals surface area contributed by atoms with Crippen LogP contribution in [0.3, 0.4) is 0 Å². The number of Topliss-reactive ketones (excluding diaryl/α,β-unsaturated/α-hetero) is 1. The number of rotatable bonds is 3. The van der Waals surface area contributed by atoms with E-state index in [0.717, 1.165) is 6.42 Å². The van der Waals surface area contributed by atoms with E-state index in [4.69, 9.17) is 6.57 Å². The number of hydrogen-bond donors (Lipinski definition) is 0. The molecule has 0 bridgehead atoms. The lowest BCUT2D eigenvalue weighted by molar-refractivity contribution is 0.101. The Morgan fingerprint density at radius 2 is 2.05 bits per heavy atom. The normalized spacial score (nSPS) is 9.11. The van der Waals surface area contributed by atoms with Gasteiger partial charge >= 0.3 is 0 Å². The van der Waals surface area contributed by atoms with Crippen LogP contribution in [-0.2, 0) is 13.5 Å². The summed E-state index contributed by atoms with van der Waals surface area (Å²) in [5.74, 6) is -0.173. The fraction of sp³-hybridized carbons (Fsp3) is 0.267. The Balaban J connectivity index is 0.000000200. The van der Waals surface area contributed by atoms with Crippen LogP contribution in [0.1, 0.15) is 22.8 Å². The van der Waals surface area contributed by atoms with Gasteiger partial charge in [-0.1, -0.05) is 37.3 Å². The Morgan fingerprint density at radius 1 is 1.37 bits per heavy atom. The maximum atomic E-state index is 11.0. The van der Waals surface area contributed by atoms with Crippen molar-refractivity contribution in [2.75, 3.05) is 6.54 Å². The molecule has 0 saturated carbocycles. The van der Waals surface area contributed by atoms with E-state index in [-0.39, 0.29) is 12.3 Å². The molecule has 0 aliphatic heterocycles. The summed E-state index contributed by atoms with van der Waals surface area (Å²) in [5.41, 5.74) is 1.91. The molecule has 0 unspecified atom stereocenters. The summed E-state index contributed by atoms with van der Waals surface area (Å²) in [5, 5.41) is 3.81. The second-order valence-electron chi connectivity index (χ2n) is 3.98. The predicted octanol–water partition coefficient (Wildman–Crippen LogP) is 2.77. The average molecular weight is 255 g/mol. The molecule has 0 atom stereocenters. The Bertz CT molecular complexity index is 552. The molecule has 98 valence electrons. The highest BCUT2D eigenvalue weighted by molar-refractivity contribution is 5.98. The molecule has 0 spiro atoms. The number of carbonyl (C=O) groups is 1. The van der Waals surface area contributed by atoms with Crippen molar-refractivity contribution < 1.29 is 4.79 Å². The quantitative estimate of drug-likeness (QED) is 0.625. The lowest BCUT2D eigenvalue weighted by Gasteiger charge is -1.89. The number of benzene rings is 1. The molecule has 19 heavy (non-hydrogen) atoms. The maximum absolute atomic E-state index is 11.0. The monoisotopic (exact) mass is 255 g/mol. The SMILES string of the molecule is CCc1ccccc1.[C-]#[N+]CC(=O)c1cnn(C)c1. The van der Waals surface area contributed by atoms with Gasteiger partial charge in [0, 0.05) is 13.2 Å². The molecule has 0 N–H and O–H groups in total. The highest BCUT2D eigenvalue weighted by atomic mass is 16.1. The first-order chi connectivity index (χ1) is 9.17. The largest absolute Gasteiger partial charge is 0.308 e. The van der Waals surface area contributed by atoms with E-state index in [1.54, 1.807) is 13.2 Å². The zero-order valence-corrected chi connectivity index (χ0v) is 11.2. The Labute approximate surface area is 113 Å². The van der Waals surface area contributed by atoms with Gasteiger partial charge < -0.3 is 4.85 Å². The van der Waals surface area contributed by atoms with E-state index in [0.29, 0.717) is 5.56 Å². The first-order valence-corrected chi connectivity index (χ1v) is 6.06. The Hall–Kier alpha value is -2.41. The number of aromatic nitrogens is 2. The van der Waals surface area contributed by atoms with Gasteiger partial charge in [-0.3, -0.25) is 9.48 Å². The van der Waals surface area contributed by atoms with Crippen molar-refractivity contribution in [1.29, 1.82) is 0 Å². The molecular formula is C15H17N3O. The van der Waals surface area contributed by atoms with Crippen molar-refractivity contribution in [3.63, 3.8) is 0 Å². The van der Waals surface area contributed by atoms with Crippen molar-refractivity contribution in [2.45, 2.75) is 13.3 Å². The molecule has 0 saturated heterocycles. The van der Waals surface area contributed by atoms with Gasteiger partial charge in [0.2, 0.25) is 5.78 Å². The first-order valence-electron chi connectivity index (χ1n) is 6.06. The third-order valence-corrected chi connectivity index (χ3v) is 2.50. The summed E-state index contributed by atoms with van der Waals surface area (Å²) in [6.45, 7) is 8.54. The van der Waals surface area contributed by atoms with E-state index in [1.165, 1.54) is 16.4 Å². The minimum absolute atomic E-state index is 0.0916. The fourth-order valence-corrected chi connectivity index (χ4v) is 1.44. The van der Waals surface area contributed by atoms with Crippen molar-refractivity contribution in [2.24, 2.45) is 7.05 Å². The molecule has 2 rings (SSSR count). The van der Waals surface area contributed by atoms with Crippen molar-refractivity contribution in [3.8, 4) is 0 Å². The van der Waals surface area contributed by atoms with Crippen LogP contribution in [0.4, 0.5) is 0 Å². The molecule has 0 aliphatic carbocycles. The third kappa shape index (κ3) is 5.17. The van der Waals surface area contributed by atoms with Crippen LogP contribution in [0.25, 0.3) is 4.85 Å². The maximum Gasteiger partial charge on any atom is 0.276 e. The molecule has 0 amide bonds. The molecule has 4 nitrogen and oxygen atoms in total. The lowest BCUT2D eigenvalue weighted by atomic mass is 10.2. The zero-order chi connectivity index (χ0) is 14.1. The van der Waals surface area contributed by atoms with E-state index in [9.17, 15) is 4.79 Å². The summed E-state index contributed by atoms with van der Waals surface area (Å²) < 4.78 is 1.54. The highest BCUT2D eigenvalue weighted by Crippen LogP contribution is 1.97. The Kier molecular flexibility index (Phi) is 6.04. The zero-order valence-electron chi connectivity index (χ0n) is 11.2. The second-order valence-corrected chi connectivity index (χ2v) is 3.98. The van der Waals surface area contributed by atoms with Crippen LogP contribution in [-0.4, -0.2) is 22.1 Å². The van der Waals surface area contributed by atoms with Crippen LogP contribution < -0.4 is 0 Å². The number of nitrogens with zero attached hydrogens (tertiary/aromatic N) is 3. The van der Waals surface area contributed by atoms with Gasteiger partial charge in [-0.05, 0) is 12.0 Å². The predicted molar refractivity (Wildman–Crippen MR) is 74.8 cm³/mol. The second kappa shape index (κ2) is 7.83. The molecule has 4 heteroatoms. The van der Waals surface area contributed by atoms with Crippen LogP contribution in [0.15, 0.2) is 42.7 Å². The van der Waals surface area contributed by atoms with Gasteiger partial charge in [-0.25, -0.2) is 6.57 Å². The molecular weight excluding hydrogens is 238 g/mol. The van der Waals surface area contributed by atoms with Gasteiger partial charge in [-0.2, -0.15) is 5.10 Å². The van der Waals surface area contributed by atoms with Gasteiger partial charge in [-0.15, -0.1) is 0 Å². The molecule has 1 aromatic carbocycles. The van der Waals surface area contributed by atoms with Crippen LogP contribution in [0.2, 0.25) is 0 Å². The standard InChI is InChI=1S/C8H10.C7H7N3O/c1-2-8-6-4-3-5-7-8;1-8-4-7(11)6-3-9-10(2)5-6/h3-7H,2H2,1H3;3,5H,4H2,2H3. The van der Waals surface area contributed by atoms with Crippen molar-refractivity contribution in [3.05, 3.63) is 65.3 Å². The van der Waals surface area contributed by atoms with Gasteiger partial charge in [0.25, 0.3) is 6.54 Å². The molecule has 1 aromatic heterocycles. The number of hydrogen-bond acceptors (Lipinski definition) is 2. The van der Waals surface area contributed by atoms with Crippen molar-refractivity contribution in [1.82, 2.24) is 9.78 Å². The summed E-state index contributed by atoms with van der Waals surface area (Å²) in [6.07, 6.45) is 4.21. The van der Waals surface area contributed by atoms with E-state index >= 15 is 0 Å². The van der Waals surface area contributed by atoms with Gasteiger partial charge in [0.05, 0.1) is 11.8 Å². The minimum Gasteiger partial charge on any atom is -0.308 e. The molecule has 0 fully saturated rings. The van der Waals surface area contributed by atoms with Gasteiger partial charge in [0.15, 0.2) is 0 Å². The van der Waals surface area contributed by atoms with Crippen LogP contribution in [0, 0.1) is 6.57 Å². The van der Waals surface area contributed by atoms with E-state index in [1.807, 2.05) is 6.07 Å². The smallest absolute Gasteiger partial charge is 0.276 e. The number of carbonyl (C=O) groups excluding carboxylic acids is 1. The highest BCUT2D eigenvalue weighted by Gasteiger charge is 2.09. The molecule has 2 aromatic rings. The number of aryl methyl sites for hydroxylation is 2. The summed E-state index contributed by atoms with van der Waals surface area (Å²) >= 11 is 0. The molecule has 0 radical (unpaired) electrons. The summed E-state index contributed by atoms with van der Waals surface area (Å²) in [7, 11) is 1.73. The summed E-state index contributed by atoms with van der Waals surface area (Å²) in [4.78, 5) is 14.0. The minimum atomic E-state index is -0.173. The Morgan fingerprint density at radius 3 is 2.47 bits per heavy atom. The van der Waals surface area contributed by atoms with Gasteiger partial charge in [0.1, 0.15) is 0 Å². The van der Waals surface area contributed by atoms with E-state index in [2.05, 4.69) is 41.1 Å². The van der Waals surface area contributed by atoms with E-state index < -0.39 is 0 Å². The third-order valence-electron chi connectivity index (χ3n) is 2.50. The van der Waals surface area contributed by atoms with Crippen LogP contribution in [0.5, 0.6) is 0 Å².